The number of esters is 3. The molecule has 3 rings (SSSR count). The average molecular weight is 1390 g/mol. The normalized spacial score (nSPS) is 17.5. The Morgan fingerprint density at radius 2 is 0.545 bits per heavy atom. The molecule has 3 saturated heterocycles. The van der Waals surface area contributed by atoms with Crippen LogP contribution in [0.25, 0.3) is 0 Å². The number of hydrogen-bond donors (Lipinski definition) is 1. The van der Waals surface area contributed by atoms with E-state index in [2.05, 4.69) is 170 Å². The molecule has 3 heterocycles. The Bertz CT molecular complexity index is 2910. The molecule has 0 spiro atoms. The number of rotatable bonds is 46. The second-order valence-corrected chi connectivity index (χ2v) is 32.5. The van der Waals surface area contributed by atoms with E-state index in [1.165, 1.54) is 167 Å². The summed E-state index contributed by atoms with van der Waals surface area (Å²) in [6.07, 6.45) is 48.6. The predicted molar refractivity (Wildman–Crippen MR) is 410 cm³/mol. The molecule has 0 radical (unpaired) electrons. The molecule has 13 nitrogen and oxygen atoms in total. The van der Waals surface area contributed by atoms with Crippen LogP contribution in [0.5, 0.6) is 0 Å². The zero-order valence-electron chi connectivity index (χ0n) is 65.7. The van der Waals surface area contributed by atoms with Crippen LogP contribution in [0.3, 0.4) is 0 Å². The van der Waals surface area contributed by atoms with Gasteiger partial charge in [-0.05, 0) is 191 Å². The summed E-state index contributed by atoms with van der Waals surface area (Å²) in [5, 5.41) is 18.9. The molecule has 3 aliphatic heterocycles. The first-order valence-corrected chi connectivity index (χ1v) is 39.2. The molecule has 0 atom stereocenters. The highest BCUT2D eigenvalue weighted by molar-refractivity contribution is 5.89. The minimum Gasteiger partial charge on any atom is -0.462 e. The van der Waals surface area contributed by atoms with Gasteiger partial charge in [0.25, 0.3) is 0 Å². The first-order chi connectivity index (χ1) is 48.1. The minimum absolute atomic E-state index is 0.153. The molecule has 0 amide bonds. The van der Waals surface area contributed by atoms with Crippen molar-refractivity contribution in [3.63, 3.8) is 0 Å². The second kappa shape index (κ2) is 49.0. The lowest BCUT2D eigenvalue weighted by Crippen LogP contribution is -2.66. The molecule has 0 saturated carbocycles. The van der Waals surface area contributed by atoms with Gasteiger partial charge in [0, 0.05) is 90.5 Å². The van der Waals surface area contributed by atoms with Crippen LogP contribution in [0.15, 0.2) is 0 Å². The summed E-state index contributed by atoms with van der Waals surface area (Å²) in [6.45, 7) is 28.7. The Hall–Kier alpha value is -5.83. The molecule has 0 aromatic carbocycles. The number of carbonyl (C=O) groups excluding carboxylic acids is 3. The smallest absolute Gasteiger partial charge is 0.385 e. The van der Waals surface area contributed by atoms with Crippen LogP contribution in [-0.2, 0) is 43.1 Å². The van der Waals surface area contributed by atoms with Gasteiger partial charge in [-0.25, -0.2) is 4.79 Å². The van der Waals surface area contributed by atoms with E-state index in [1.807, 2.05) is 42.9 Å². The maximum atomic E-state index is 13.4. The van der Waals surface area contributed by atoms with Gasteiger partial charge in [-0.1, -0.05) is 206 Å². The minimum atomic E-state index is -1.73. The lowest BCUT2D eigenvalue weighted by atomic mass is 9.80. The summed E-state index contributed by atoms with van der Waals surface area (Å²) >= 11 is 0. The van der Waals surface area contributed by atoms with E-state index >= 15 is 0 Å². The van der Waals surface area contributed by atoms with Crippen LogP contribution in [0.1, 0.15) is 354 Å². The Morgan fingerprint density at radius 1 is 0.337 bits per heavy atom. The molecule has 13 heteroatoms. The molecule has 1 N–H and O–H groups in total. The fourth-order valence-corrected chi connectivity index (χ4v) is 15.3. The Labute approximate surface area is 616 Å². The zero-order chi connectivity index (χ0) is 74.4. The molecule has 3 fully saturated rings. The van der Waals surface area contributed by atoms with Crippen LogP contribution < -0.4 is 0 Å². The highest BCUT2D eigenvalue weighted by Gasteiger charge is 2.53. The number of ether oxygens (including phenoxy) is 3. The van der Waals surface area contributed by atoms with Gasteiger partial charge in [0.05, 0.1) is 0 Å². The molecule has 3 aliphatic rings. The summed E-state index contributed by atoms with van der Waals surface area (Å²) in [5.74, 6) is 41.2. The van der Waals surface area contributed by atoms with Gasteiger partial charge in [-0.2, -0.15) is 15.2 Å². The van der Waals surface area contributed by atoms with Gasteiger partial charge in [0.15, 0.2) is 0 Å². The molecular formula is C88H133N3O10. The summed E-state index contributed by atoms with van der Waals surface area (Å²) in [7, 11) is 0. The van der Waals surface area contributed by atoms with Gasteiger partial charge in [0.1, 0.15) is 43.7 Å². The molecule has 560 valence electrons. The number of hydrogen-bond acceptors (Lipinski definition) is 13. The van der Waals surface area contributed by atoms with E-state index in [9.17, 15) is 19.5 Å². The van der Waals surface area contributed by atoms with Crippen molar-refractivity contribution in [1.82, 2.24) is 15.2 Å². The van der Waals surface area contributed by atoms with Crippen LogP contribution in [0.4, 0.5) is 0 Å². The van der Waals surface area contributed by atoms with Crippen molar-refractivity contribution in [2.24, 2.45) is 0 Å². The van der Waals surface area contributed by atoms with E-state index in [0.29, 0.717) is 51.4 Å². The van der Waals surface area contributed by atoms with Crippen molar-refractivity contribution in [3.8, 4) is 107 Å². The summed E-state index contributed by atoms with van der Waals surface area (Å²) < 4.78 is 18.4. The van der Waals surface area contributed by atoms with Crippen molar-refractivity contribution >= 4 is 17.9 Å². The Kier molecular flexibility index (Phi) is 43.4. The van der Waals surface area contributed by atoms with Gasteiger partial charge in [-0.15, -0.1) is 6.42 Å². The molecular weight excluding hydrogens is 1260 g/mol. The van der Waals surface area contributed by atoms with Crippen molar-refractivity contribution in [2.45, 2.75) is 411 Å². The maximum absolute atomic E-state index is 13.4. The van der Waals surface area contributed by atoms with E-state index < -0.39 is 50.9 Å². The summed E-state index contributed by atoms with van der Waals surface area (Å²) in [6, 6.07) is 0. The number of terminal acetylenes is 1. The first-order valence-electron chi connectivity index (χ1n) is 39.2. The molecule has 0 unspecified atom stereocenters. The van der Waals surface area contributed by atoms with Crippen LogP contribution in [0, 0.1) is 107 Å². The maximum Gasteiger partial charge on any atom is 0.385 e. The first kappa shape index (κ1) is 89.4. The number of carbonyl (C=O) groups is 3. The topological polar surface area (TPSA) is 137 Å². The van der Waals surface area contributed by atoms with Gasteiger partial charge in [-0.3, -0.25) is 24.1 Å². The molecule has 0 aromatic rings. The third kappa shape index (κ3) is 38.5. The molecule has 0 aromatic heterocycles. The fourth-order valence-electron chi connectivity index (χ4n) is 15.3. The van der Waals surface area contributed by atoms with Crippen molar-refractivity contribution < 1.29 is 48.2 Å². The van der Waals surface area contributed by atoms with Gasteiger partial charge < -0.3 is 19.3 Å². The number of aliphatic hydroxyl groups is 1. The van der Waals surface area contributed by atoms with E-state index in [-0.39, 0.29) is 44.0 Å². The largest absolute Gasteiger partial charge is 0.462 e. The predicted octanol–water partition coefficient (Wildman–Crippen LogP) is 18.2. The molecule has 0 aliphatic carbocycles. The van der Waals surface area contributed by atoms with E-state index in [0.717, 1.165) is 38.5 Å². The molecule has 101 heavy (non-hydrogen) atoms. The summed E-state index contributed by atoms with van der Waals surface area (Å²) in [5.41, 5.74) is -5.55. The second-order valence-electron chi connectivity index (χ2n) is 32.5. The quantitative estimate of drug-likeness (QED) is 0.0204. The lowest BCUT2D eigenvalue weighted by molar-refractivity contribution is -0.357. The lowest BCUT2D eigenvalue weighted by Gasteiger charge is -2.55. The Morgan fingerprint density at radius 3 is 0.782 bits per heavy atom. The summed E-state index contributed by atoms with van der Waals surface area (Å²) in [4.78, 5) is 60.4. The zero-order valence-corrected chi connectivity index (χ0v) is 65.7. The van der Waals surface area contributed by atoms with Gasteiger partial charge in [0.2, 0.25) is 0 Å². The van der Waals surface area contributed by atoms with Crippen LogP contribution in [-0.4, -0.2) is 115 Å². The van der Waals surface area contributed by atoms with Crippen molar-refractivity contribution in [2.75, 3.05) is 19.8 Å². The SMILES string of the molecule is C#CC#CC#CC#CC#CC#CC#CC#CC#CC(=O)OC1CC(C)(C)N(OCC(O)(CON2C(C)(C)CC(OC(=O)CCCCCCCCCCCCCCCCCC)CC2(C)C)CON2C(C)(C)CC(OC(=O)CCCCCCCCCCCCCCCCCC)CC2(C)C)C(C)(C)C1. The standard InChI is InChI=1S/C88H133N3O10/c1-16-19-22-25-28-31-34-37-40-43-46-49-52-55-58-61-64-79(92)99-76-67-82(4,5)89(83(6,7)68-76)96-73-88(95,74-97-90-84(8,9)69-77(70-85(90,10)11)100-80(93)65-62-59-56-53-50-47-44-41-38-35-32-29-26-23-20-17-2)75-98-91-86(12,13)71-78(72-87(91,14)15)101-81(94)66-63-60-57-54-51-48-45-42-39-36-33-30-27-24-21-18-3/h1,76-78,95H,17-18,20-21,23-24,26-27,29-30,32-33,35-36,38-39,41-42,44-45,47-48,50-51,53-54,56-57,59-60,62-63,65-75H2,2-15H3. The van der Waals surface area contributed by atoms with E-state index in [4.69, 9.17) is 35.1 Å². The van der Waals surface area contributed by atoms with Gasteiger partial charge >= 0.3 is 17.9 Å². The number of nitrogens with zero attached hydrogens (tertiary/aromatic N) is 3. The van der Waals surface area contributed by atoms with E-state index in [1.54, 1.807) is 0 Å². The monoisotopic (exact) mass is 1390 g/mol. The number of unbranched alkanes of at least 4 members (excludes halogenated alkanes) is 30. The highest BCUT2D eigenvalue weighted by atomic mass is 16.7. The van der Waals surface area contributed by atoms with Crippen molar-refractivity contribution in [3.05, 3.63) is 0 Å². The van der Waals surface area contributed by atoms with Crippen LogP contribution >= 0.6 is 0 Å². The van der Waals surface area contributed by atoms with Crippen molar-refractivity contribution in [1.29, 1.82) is 0 Å². The molecule has 0 bridgehead atoms. The number of piperidine rings is 3. The average Bonchev–Trinajstić information content (AvgIpc) is 0.779. The highest BCUT2D eigenvalue weighted by Crippen LogP contribution is 2.44. The third-order valence-corrected chi connectivity index (χ3v) is 19.5. The third-order valence-electron chi connectivity index (χ3n) is 19.5. The Balaban J connectivity index is 1.65. The van der Waals surface area contributed by atoms with Crippen LogP contribution in [0.2, 0.25) is 0 Å². The number of hydroxylamine groups is 6. The fraction of sp³-hybridized carbons (Fsp3) is 0.761.